The zero-order chi connectivity index (χ0) is 13.3. The first-order chi connectivity index (χ1) is 9.27. The van der Waals surface area contributed by atoms with E-state index in [9.17, 15) is 0 Å². The van der Waals surface area contributed by atoms with Gasteiger partial charge in [-0.2, -0.15) is 0 Å². The molecule has 2 aliphatic carbocycles. The predicted octanol–water partition coefficient (Wildman–Crippen LogP) is 4.04. The Labute approximate surface area is 121 Å². The highest BCUT2D eigenvalue weighted by atomic mass is 32.1. The molecule has 1 fully saturated rings. The van der Waals surface area contributed by atoms with Crippen LogP contribution in [0.4, 0.5) is 0 Å². The van der Waals surface area contributed by atoms with Crippen molar-refractivity contribution in [3.8, 4) is 0 Å². The largest absolute Gasteiger partial charge is 0.308 e. The summed E-state index contributed by atoms with van der Waals surface area (Å²) < 4.78 is 0. The van der Waals surface area contributed by atoms with Gasteiger partial charge < -0.3 is 5.32 Å². The lowest BCUT2D eigenvalue weighted by molar-refractivity contribution is 0.185. The number of aryl methyl sites for hydroxylation is 2. The molecule has 2 nitrogen and oxygen atoms in total. The van der Waals surface area contributed by atoms with Gasteiger partial charge in [-0.25, -0.2) is 4.98 Å². The molecule has 1 aromatic heterocycles. The maximum absolute atomic E-state index is 5.04. The zero-order valence-corrected chi connectivity index (χ0v) is 13.1. The van der Waals surface area contributed by atoms with Crippen LogP contribution in [0.1, 0.15) is 67.4 Å². The molecule has 0 aromatic carbocycles. The third kappa shape index (κ3) is 2.47. The minimum atomic E-state index is 0.181. The van der Waals surface area contributed by atoms with Crippen LogP contribution in [0.5, 0.6) is 0 Å². The first-order valence-electron chi connectivity index (χ1n) is 7.95. The van der Waals surface area contributed by atoms with Crippen molar-refractivity contribution in [2.45, 2.75) is 70.3 Å². The number of rotatable bonds is 3. The third-order valence-corrected chi connectivity index (χ3v) is 6.53. The first-order valence-corrected chi connectivity index (χ1v) is 8.77. The normalized spacial score (nSPS) is 31.2. The number of nitrogens with zero attached hydrogens (tertiary/aromatic N) is 1. The average Bonchev–Trinajstić information content (AvgIpc) is 2.91. The van der Waals surface area contributed by atoms with Gasteiger partial charge in [-0.05, 0) is 51.5 Å². The van der Waals surface area contributed by atoms with Crippen molar-refractivity contribution in [1.82, 2.24) is 10.3 Å². The molecule has 0 amide bonds. The number of thiazole rings is 1. The van der Waals surface area contributed by atoms with Crippen molar-refractivity contribution < 1.29 is 0 Å². The van der Waals surface area contributed by atoms with Gasteiger partial charge in [0.2, 0.25) is 0 Å². The lowest BCUT2D eigenvalue weighted by atomic mass is 9.75. The maximum atomic E-state index is 5.04. The Bertz CT molecular complexity index is 416. The second-order valence-electron chi connectivity index (χ2n) is 6.30. The number of hydrogen-bond donors (Lipinski definition) is 1. The summed E-state index contributed by atoms with van der Waals surface area (Å²) in [5.74, 6) is 0.877. The number of aromatic nitrogens is 1. The summed E-state index contributed by atoms with van der Waals surface area (Å²) in [5.41, 5.74) is 1.60. The lowest BCUT2D eigenvalue weighted by Gasteiger charge is -2.39. The van der Waals surface area contributed by atoms with Crippen LogP contribution < -0.4 is 5.32 Å². The molecule has 2 unspecified atom stereocenters. The van der Waals surface area contributed by atoms with E-state index in [4.69, 9.17) is 4.98 Å². The highest BCUT2D eigenvalue weighted by Gasteiger charge is 2.39. The minimum absolute atomic E-state index is 0.181. The number of nitrogens with one attached hydrogen (secondary N) is 1. The van der Waals surface area contributed by atoms with Gasteiger partial charge in [0.05, 0.1) is 11.2 Å². The number of fused-ring (bicyclic) bond motifs is 1. The molecular formula is C16H26N2S. The highest BCUT2D eigenvalue weighted by Crippen LogP contribution is 2.43. The molecule has 3 heteroatoms. The monoisotopic (exact) mass is 278 g/mol. The van der Waals surface area contributed by atoms with Gasteiger partial charge >= 0.3 is 0 Å². The fourth-order valence-electron chi connectivity index (χ4n) is 3.82. The predicted molar refractivity (Wildman–Crippen MR) is 81.7 cm³/mol. The summed E-state index contributed by atoms with van der Waals surface area (Å²) in [6.45, 7) is 2.34. The molecule has 0 spiro atoms. The summed E-state index contributed by atoms with van der Waals surface area (Å²) in [4.78, 5) is 6.62. The second kappa shape index (κ2) is 5.53. The van der Waals surface area contributed by atoms with E-state index in [1.54, 1.807) is 4.88 Å². The van der Waals surface area contributed by atoms with E-state index >= 15 is 0 Å². The summed E-state index contributed by atoms with van der Waals surface area (Å²) >= 11 is 2.00. The van der Waals surface area contributed by atoms with E-state index in [-0.39, 0.29) is 5.54 Å². The molecule has 0 radical (unpaired) electrons. The van der Waals surface area contributed by atoms with Crippen LogP contribution in [-0.2, 0) is 18.4 Å². The fraction of sp³-hybridized carbons (Fsp3) is 0.812. The highest BCUT2D eigenvalue weighted by molar-refractivity contribution is 7.11. The van der Waals surface area contributed by atoms with Crippen LogP contribution >= 0.6 is 11.3 Å². The Kier molecular flexibility index (Phi) is 3.95. The Morgan fingerprint density at radius 3 is 2.89 bits per heavy atom. The topological polar surface area (TPSA) is 24.9 Å². The van der Waals surface area contributed by atoms with Crippen molar-refractivity contribution in [2.75, 3.05) is 7.05 Å². The van der Waals surface area contributed by atoms with Crippen LogP contribution in [0.2, 0.25) is 0 Å². The SMILES string of the molecule is CCC1CCCC(NC)(c2nc3c(s2)CCCC3)C1. The van der Waals surface area contributed by atoms with Crippen LogP contribution in [-0.4, -0.2) is 12.0 Å². The van der Waals surface area contributed by atoms with Gasteiger partial charge in [0.1, 0.15) is 5.01 Å². The van der Waals surface area contributed by atoms with Gasteiger partial charge in [0.15, 0.2) is 0 Å². The molecule has 1 saturated carbocycles. The third-order valence-electron chi connectivity index (χ3n) is 5.16. The Morgan fingerprint density at radius 2 is 2.16 bits per heavy atom. The molecule has 2 aliphatic rings. The first kappa shape index (κ1) is 13.6. The fourth-order valence-corrected chi connectivity index (χ4v) is 5.21. The zero-order valence-electron chi connectivity index (χ0n) is 12.3. The second-order valence-corrected chi connectivity index (χ2v) is 7.38. The average molecular weight is 278 g/mol. The molecule has 1 aromatic rings. The van der Waals surface area contributed by atoms with E-state index in [1.165, 1.54) is 68.5 Å². The van der Waals surface area contributed by atoms with Crippen LogP contribution in [0.3, 0.4) is 0 Å². The van der Waals surface area contributed by atoms with Crippen LogP contribution in [0.25, 0.3) is 0 Å². The van der Waals surface area contributed by atoms with E-state index in [1.807, 2.05) is 11.3 Å². The molecule has 19 heavy (non-hydrogen) atoms. The Hall–Kier alpha value is -0.410. The van der Waals surface area contributed by atoms with E-state index in [2.05, 4.69) is 19.3 Å². The quantitative estimate of drug-likeness (QED) is 0.902. The number of hydrogen-bond acceptors (Lipinski definition) is 3. The van der Waals surface area contributed by atoms with E-state index in [0.29, 0.717) is 0 Å². The Balaban J connectivity index is 1.90. The molecule has 0 aliphatic heterocycles. The lowest BCUT2D eigenvalue weighted by Crippen LogP contribution is -2.44. The van der Waals surface area contributed by atoms with Gasteiger partial charge in [-0.3, -0.25) is 0 Å². The summed E-state index contributed by atoms with van der Waals surface area (Å²) in [5, 5.41) is 5.04. The van der Waals surface area contributed by atoms with Gasteiger partial charge in [0.25, 0.3) is 0 Å². The van der Waals surface area contributed by atoms with Crippen LogP contribution in [0.15, 0.2) is 0 Å². The van der Waals surface area contributed by atoms with Gasteiger partial charge in [-0.15, -0.1) is 11.3 Å². The molecular weight excluding hydrogens is 252 g/mol. The molecule has 3 rings (SSSR count). The van der Waals surface area contributed by atoms with Crippen molar-refractivity contribution in [2.24, 2.45) is 5.92 Å². The standard InChI is InChI=1S/C16H26N2S/c1-3-12-7-6-10-16(11-12,17-2)15-18-13-8-4-5-9-14(13)19-15/h12,17H,3-11H2,1-2H3. The summed E-state index contributed by atoms with van der Waals surface area (Å²) in [6.07, 6.45) is 11.8. The van der Waals surface area contributed by atoms with Crippen molar-refractivity contribution in [1.29, 1.82) is 0 Å². The summed E-state index contributed by atoms with van der Waals surface area (Å²) in [6, 6.07) is 0. The molecule has 0 saturated heterocycles. The maximum Gasteiger partial charge on any atom is 0.113 e. The van der Waals surface area contributed by atoms with Crippen molar-refractivity contribution in [3.05, 3.63) is 15.6 Å². The molecule has 1 heterocycles. The van der Waals surface area contributed by atoms with Gasteiger partial charge in [-0.1, -0.05) is 26.2 Å². The Morgan fingerprint density at radius 1 is 1.32 bits per heavy atom. The van der Waals surface area contributed by atoms with Crippen molar-refractivity contribution in [3.63, 3.8) is 0 Å². The van der Waals surface area contributed by atoms with E-state index in [0.717, 1.165) is 5.92 Å². The molecule has 1 N–H and O–H groups in total. The minimum Gasteiger partial charge on any atom is -0.308 e. The molecule has 0 bridgehead atoms. The summed E-state index contributed by atoms with van der Waals surface area (Å²) in [7, 11) is 2.14. The molecule has 2 atom stereocenters. The van der Waals surface area contributed by atoms with Crippen LogP contribution in [0, 0.1) is 5.92 Å². The van der Waals surface area contributed by atoms with E-state index < -0.39 is 0 Å². The molecule has 106 valence electrons. The van der Waals surface area contributed by atoms with Gasteiger partial charge in [0, 0.05) is 4.88 Å². The smallest absolute Gasteiger partial charge is 0.113 e. The van der Waals surface area contributed by atoms with Crippen molar-refractivity contribution >= 4 is 11.3 Å².